The van der Waals surface area contributed by atoms with Crippen molar-refractivity contribution in [1.82, 2.24) is 0 Å². The number of carboxylic acid groups (broad SMARTS) is 1. The molecule has 4 N–H and O–H groups in total. The highest BCUT2D eigenvalue weighted by Crippen LogP contribution is 2.33. The maximum atomic E-state index is 11.9. The van der Waals surface area contributed by atoms with Crippen LogP contribution in [0.4, 0.5) is 11.4 Å². The highest BCUT2D eigenvalue weighted by Gasteiger charge is 2.31. The molecule has 1 aliphatic rings. The maximum Gasteiger partial charge on any atom is 0.335 e. The smallest absolute Gasteiger partial charge is 0.335 e. The number of hydrogen-bond acceptors (Lipinski definition) is 4. The summed E-state index contributed by atoms with van der Waals surface area (Å²) in [7, 11) is 0. The van der Waals surface area contributed by atoms with Crippen molar-refractivity contribution in [3.8, 4) is 0 Å². The molecule has 0 spiro atoms. The molecule has 0 atom stereocenters. The van der Waals surface area contributed by atoms with Crippen LogP contribution < -0.4 is 11.1 Å². The third kappa shape index (κ3) is 3.95. The molecule has 6 nitrogen and oxygen atoms in total. The first-order valence-electron chi connectivity index (χ1n) is 7.03. The monoisotopic (exact) mass is 292 g/mol. The normalized spacial score (nSPS) is 20.6. The number of rotatable bonds is 6. The highest BCUT2D eigenvalue weighted by molar-refractivity contribution is 5.96. The zero-order valence-electron chi connectivity index (χ0n) is 12.0. The van der Waals surface area contributed by atoms with Crippen LogP contribution >= 0.6 is 0 Å². The van der Waals surface area contributed by atoms with Gasteiger partial charge in [0.05, 0.1) is 23.0 Å². The van der Waals surface area contributed by atoms with Crippen LogP contribution in [0.15, 0.2) is 18.2 Å². The number of carbonyl (C=O) groups is 2. The minimum Gasteiger partial charge on any atom is -0.478 e. The Morgan fingerprint density at radius 1 is 1.43 bits per heavy atom. The van der Waals surface area contributed by atoms with Crippen molar-refractivity contribution in [1.29, 1.82) is 0 Å². The van der Waals surface area contributed by atoms with E-state index in [0.717, 1.165) is 12.8 Å². The Labute approximate surface area is 123 Å². The molecule has 0 saturated heterocycles. The van der Waals surface area contributed by atoms with Gasteiger partial charge in [-0.3, -0.25) is 4.79 Å². The van der Waals surface area contributed by atoms with Crippen LogP contribution in [-0.4, -0.2) is 29.7 Å². The summed E-state index contributed by atoms with van der Waals surface area (Å²) in [4.78, 5) is 22.7. The number of nitrogens with one attached hydrogen (secondary N) is 1. The highest BCUT2D eigenvalue weighted by atomic mass is 16.5. The first kappa shape index (κ1) is 15.3. The number of nitrogen functional groups attached to an aromatic ring is 1. The second kappa shape index (κ2) is 6.58. The topological polar surface area (TPSA) is 102 Å². The molecule has 1 aromatic rings. The zero-order chi connectivity index (χ0) is 15.4. The number of carbonyl (C=O) groups excluding carboxylic acids is 1. The molecule has 0 aromatic heterocycles. The van der Waals surface area contributed by atoms with Crippen molar-refractivity contribution >= 4 is 23.3 Å². The number of anilines is 2. The molecule has 1 amide bonds. The van der Waals surface area contributed by atoms with Gasteiger partial charge in [0, 0.05) is 13.0 Å². The van der Waals surface area contributed by atoms with E-state index >= 15 is 0 Å². The lowest BCUT2D eigenvalue weighted by Gasteiger charge is -2.34. The van der Waals surface area contributed by atoms with Gasteiger partial charge in [-0.05, 0) is 43.9 Å². The minimum absolute atomic E-state index is 0.101. The van der Waals surface area contributed by atoms with Gasteiger partial charge in [-0.25, -0.2) is 4.79 Å². The molecule has 1 fully saturated rings. The number of ether oxygens (including phenoxy) is 1. The molecular weight excluding hydrogens is 272 g/mol. The molecule has 21 heavy (non-hydrogen) atoms. The van der Waals surface area contributed by atoms with Crippen LogP contribution in [0.1, 0.15) is 36.5 Å². The third-order valence-corrected chi connectivity index (χ3v) is 3.64. The Morgan fingerprint density at radius 2 is 2.14 bits per heavy atom. The number of benzene rings is 1. The van der Waals surface area contributed by atoms with E-state index < -0.39 is 5.97 Å². The average Bonchev–Trinajstić information content (AvgIpc) is 2.38. The average molecular weight is 292 g/mol. The van der Waals surface area contributed by atoms with Gasteiger partial charge in [0.25, 0.3) is 0 Å². The molecule has 6 heteroatoms. The summed E-state index contributed by atoms with van der Waals surface area (Å²) in [6.45, 7) is 2.67. The summed E-state index contributed by atoms with van der Waals surface area (Å²) in [6, 6.07) is 4.27. The van der Waals surface area contributed by atoms with Gasteiger partial charge in [0.15, 0.2) is 0 Å². The fraction of sp³-hybridized carbons (Fsp3) is 0.467. The van der Waals surface area contributed by atoms with Gasteiger partial charge >= 0.3 is 5.97 Å². The number of hydrogen-bond donors (Lipinski definition) is 3. The van der Waals surface area contributed by atoms with Crippen LogP contribution in [0.5, 0.6) is 0 Å². The third-order valence-electron chi connectivity index (χ3n) is 3.64. The van der Waals surface area contributed by atoms with Crippen molar-refractivity contribution in [3.05, 3.63) is 23.8 Å². The van der Waals surface area contributed by atoms with Crippen molar-refractivity contribution in [2.45, 2.75) is 32.3 Å². The van der Waals surface area contributed by atoms with Crippen molar-refractivity contribution < 1.29 is 19.4 Å². The van der Waals surface area contributed by atoms with E-state index in [1.165, 1.54) is 18.2 Å². The van der Waals surface area contributed by atoms with Crippen molar-refractivity contribution in [3.63, 3.8) is 0 Å². The molecular formula is C15H20N2O4. The number of amides is 1. The Bertz CT molecular complexity index is 538. The van der Waals surface area contributed by atoms with Gasteiger partial charge in [-0.15, -0.1) is 0 Å². The van der Waals surface area contributed by atoms with E-state index in [9.17, 15) is 9.59 Å². The summed E-state index contributed by atoms with van der Waals surface area (Å²) < 4.78 is 5.46. The standard InChI is InChI=1S/C15H20N2O4/c1-2-21-11-5-9(6-11)7-14(18)17-13-4-3-10(15(19)20)8-12(13)16/h3-4,8-9,11H,2,5-7,16H2,1H3,(H,17,18)(H,19,20). The fourth-order valence-electron chi connectivity index (χ4n) is 2.49. The lowest BCUT2D eigenvalue weighted by molar-refractivity contribution is -0.119. The van der Waals surface area contributed by atoms with Crippen molar-refractivity contribution in [2.24, 2.45) is 5.92 Å². The first-order valence-corrected chi connectivity index (χ1v) is 7.03. The van der Waals surface area contributed by atoms with E-state index in [0.29, 0.717) is 24.6 Å². The van der Waals surface area contributed by atoms with E-state index in [4.69, 9.17) is 15.6 Å². The largest absolute Gasteiger partial charge is 0.478 e. The molecule has 0 radical (unpaired) electrons. The molecule has 1 aromatic carbocycles. The lowest BCUT2D eigenvalue weighted by atomic mass is 9.80. The van der Waals surface area contributed by atoms with Gasteiger partial charge in [-0.2, -0.15) is 0 Å². The van der Waals surface area contributed by atoms with Crippen LogP contribution in [0.25, 0.3) is 0 Å². The molecule has 2 rings (SSSR count). The second-order valence-corrected chi connectivity index (χ2v) is 5.27. The molecule has 0 bridgehead atoms. The van der Waals surface area contributed by atoms with E-state index in [1.807, 2.05) is 6.92 Å². The predicted octanol–water partition coefficient (Wildman–Crippen LogP) is 2.11. The Balaban J connectivity index is 1.85. The number of carboxylic acids is 1. The van der Waals surface area contributed by atoms with E-state index in [1.54, 1.807) is 0 Å². The second-order valence-electron chi connectivity index (χ2n) is 5.27. The quantitative estimate of drug-likeness (QED) is 0.697. The number of nitrogens with two attached hydrogens (primary N) is 1. The van der Waals surface area contributed by atoms with Crippen LogP contribution in [0, 0.1) is 5.92 Å². The van der Waals surface area contributed by atoms with Gasteiger partial charge in [0.1, 0.15) is 0 Å². The lowest BCUT2D eigenvalue weighted by Crippen LogP contribution is -2.33. The van der Waals surface area contributed by atoms with Gasteiger partial charge in [0.2, 0.25) is 5.91 Å². The zero-order valence-corrected chi connectivity index (χ0v) is 12.0. The Hall–Kier alpha value is -2.08. The summed E-state index contributed by atoms with van der Waals surface area (Å²) >= 11 is 0. The molecule has 114 valence electrons. The summed E-state index contributed by atoms with van der Waals surface area (Å²) in [6.07, 6.45) is 2.54. The van der Waals surface area contributed by atoms with E-state index in [-0.39, 0.29) is 23.3 Å². The summed E-state index contributed by atoms with van der Waals surface area (Å²) in [5, 5.41) is 11.6. The molecule has 1 aliphatic carbocycles. The fourth-order valence-corrected chi connectivity index (χ4v) is 2.49. The van der Waals surface area contributed by atoms with E-state index in [2.05, 4.69) is 5.32 Å². The minimum atomic E-state index is -1.05. The first-order chi connectivity index (χ1) is 9.99. The SMILES string of the molecule is CCOC1CC(CC(=O)Nc2ccc(C(=O)O)cc2N)C1. The van der Waals surface area contributed by atoms with Crippen LogP contribution in [0.2, 0.25) is 0 Å². The summed E-state index contributed by atoms with van der Waals surface area (Å²) in [5.74, 6) is -0.804. The Kier molecular flexibility index (Phi) is 4.80. The summed E-state index contributed by atoms with van der Waals surface area (Å²) in [5.41, 5.74) is 6.55. The number of aromatic carboxylic acids is 1. The van der Waals surface area contributed by atoms with Gasteiger partial charge in [-0.1, -0.05) is 0 Å². The van der Waals surface area contributed by atoms with Crippen molar-refractivity contribution in [2.75, 3.05) is 17.7 Å². The predicted molar refractivity (Wildman–Crippen MR) is 79.2 cm³/mol. The van der Waals surface area contributed by atoms with Gasteiger partial charge < -0.3 is 20.9 Å². The molecule has 0 heterocycles. The van der Waals surface area contributed by atoms with Crippen LogP contribution in [-0.2, 0) is 9.53 Å². The molecule has 0 aliphatic heterocycles. The molecule has 0 unspecified atom stereocenters. The maximum absolute atomic E-state index is 11.9. The Morgan fingerprint density at radius 3 is 2.71 bits per heavy atom. The molecule has 1 saturated carbocycles. The van der Waals surface area contributed by atoms with Crippen LogP contribution in [0.3, 0.4) is 0 Å².